The van der Waals surface area contributed by atoms with Crippen LogP contribution in [0.3, 0.4) is 0 Å². The fraction of sp³-hybridized carbons (Fsp3) is 0.304. The Morgan fingerprint density at radius 2 is 1.68 bits per heavy atom. The Labute approximate surface area is 166 Å². The number of aryl methyl sites for hydroxylation is 2. The van der Waals surface area contributed by atoms with Crippen molar-refractivity contribution >= 4 is 23.1 Å². The topological polar surface area (TPSA) is 58.6 Å². The summed E-state index contributed by atoms with van der Waals surface area (Å²) in [6, 6.07) is 13.3. The Balaban J connectivity index is 2.02. The molecular weight excluding hydrogens is 352 g/mol. The highest BCUT2D eigenvalue weighted by molar-refractivity contribution is 6.36. The van der Waals surface area contributed by atoms with E-state index in [0.29, 0.717) is 30.0 Å². The number of anilines is 1. The number of nitrogens with one attached hydrogen (secondary N) is 1. The lowest BCUT2D eigenvalue weighted by molar-refractivity contribution is -0.136. The van der Waals surface area contributed by atoms with E-state index in [0.717, 1.165) is 29.0 Å². The Kier molecular flexibility index (Phi) is 5.83. The smallest absolute Gasteiger partial charge is 0.278 e. The first-order valence-electron chi connectivity index (χ1n) is 9.64. The second-order valence-corrected chi connectivity index (χ2v) is 6.92. The predicted molar refractivity (Wildman–Crippen MR) is 111 cm³/mol. The maximum Gasteiger partial charge on any atom is 0.278 e. The van der Waals surface area contributed by atoms with Crippen LogP contribution in [0.1, 0.15) is 37.0 Å². The maximum atomic E-state index is 12.9. The summed E-state index contributed by atoms with van der Waals surface area (Å²) in [6.45, 7) is 8.79. The third-order valence-corrected chi connectivity index (χ3v) is 4.75. The van der Waals surface area contributed by atoms with Gasteiger partial charge in [0.1, 0.15) is 11.4 Å². The molecule has 2 aromatic rings. The molecule has 2 amide bonds. The minimum atomic E-state index is -0.297. The van der Waals surface area contributed by atoms with Crippen LogP contribution in [-0.2, 0) is 9.59 Å². The first-order valence-corrected chi connectivity index (χ1v) is 9.64. The summed E-state index contributed by atoms with van der Waals surface area (Å²) < 4.78 is 5.62. The average molecular weight is 378 g/mol. The zero-order valence-electron chi connectivity index (χ0n) is 16.8. The van der Waals surface area contributed by atoms with Crippen LogP contribution >= 0.6 is 0 Å². The monoisotopic (exact) mass is 378 g/mol. The molecule has 0 saturated heterocycles. The number of benzene rings is 2. The van der Waals surface area contributed by atoms with Crippen molar-refractivity contribution in [2.75, 3.05) is 18.5 Å². The first kappa shape index (κ1) is 19.7. The lowest BCUT2D eigenvalue weighted by Crippen LogP contribution is -2.32. The van der Waals surface area contributed by atoms with E-state index in [1.165, 1.54) is 4.90 Å². The van der Waals surface area contributed by atoms with Crippen molar-refractivity contribution in [3.63, 3.8) is 0 Å². The van der Waals surface area contributed by atoms with Gasteiger partial charge >= 0.3 is 0 Å². The number of nitrogens with zero attached hydrogens (tertiary/aromatic N) is 1. The van der Waals surface area contributed by atoms with Gasteiger partial charge in [-0.05, 0) is 62.1 Å². The third kappa shape index (κ3) is 3.79. The number of hydrogen-bond acceptors (Lipinski definition) is 4. The molecule has 146 valence electrons. The molecule has 0 atom stereocenters. The molecule has 0 fully saturated rings. The normalized spacial score (nSPS) is 14.1. The second-order valence-electron chi connectivity index (χ2n) is 6.92. The summed E-state index contributed by atoms with van der Waals surface area (Å²) in [5.74, 6) is 0.177. The van der Waals surface area contributed by atoms with Crippen LogP contribution in [0.4, 0.5) is 5.69 Å². The molecule has 0 aromatic heterocycles. The summed E-state index contributed by atoms with van der Waals surface area (Å²) in [4.78, 5) is 27.1. The summed E-state index contributed by atoms with van der Waals surface area (Å²) in [7, 11) is 0. The molecule has 2 aromatic carbocycles. The van der Waals surface area contributed by atoms with E-state index in [2.05, 4.69) is 5.32 Å². The van der Waals surface area contributed by atoms with Gasteiger partial charge in [-0.1, -0.05) is 31.2 Å². The van der Waals surface area contributed by atoms with Crippen LogP contribution in [0.2, 0.25) is 0 Å². The van der Waals surface area contributed by atoms with Crippen LogP contribution in [0, 0.1) is 13.8 Å². The van der Waals surface area contributed by atoms with Crippen LogP contribution in [0.5, 0.6) is 5.75 Å². The fourth-order valence-electron chi connectivity index (χ4n) is 3.19. The molecule has 0 bridgehead atoms. The predicted octanol–water partition coefficient (Wildman–Crippen LogP) is 4.30. The van der Waals surface area contributed by atoms with Gasteiger partial charge in [0, 0.05) is 12.2 Å². The molecule has 5 nitrogen and oxygen atoms in total. The molecule has 1 aliphatic heterocycles. The quantitative estimate of drug-likeness (QED) is 0.730. The van der Waals surface area contributed by atoms with Gasteiger partial charge < -0.3 is 10.1 Å². The van der Waals surface area contributed by atoms with Crippen molar-refractivity contribution < 1.29 is 14.3 Å². The van der Waals surface area contributed by atoms with Crippen molar-refractivity contribution in [2.24, 2.45) is 0 Å². The van der Waals surface area contributed by atoms with Gasteiger partial charge in [0.15, 0.2) is 0 Å². The highest BCUT2D eigenvalue weighted by Gasteiger charge is 2.38. The van der Waals surface area contributed by atoms with E-state index in [9.17, 15) is 9.59 Å². The molecule has 0 radical (unpaired) electrons. The van der Waals surface area contributed by atoms with E-state index >= 15 is 0 Å². The van der Waals surface area contributed by atoms with Gasteiger partial charge in [-0.15, -0.1) is 0 Å². The number of likely N-dealkylation sites (N-methyl/N-ethyl adjacent to an activating group) is 1. The van der Waals surface area contributed by atoms with Gasteiger partial charge in [-0.3, -0.25) is 14.5 Å². The van der Waals surface area contributed by atoms with Crippen molar-refractivity contribution in [2.45, 2.75) is 34.1 Å². The molecule has 28 heavy (non-hydrogen) atoms. The van der Waals surface area contributed by atoms with E-state index in [1.807, 2.05) is 63.2 Å². The van der Waals surface area contributed by atoms with E-state index in [-0.39, 0.29) is 11.8 Å². The molecule has 1 heterocycles. The molecule has 0 spiro atoms. The Morgan fingerprint density at radius 3 is 2.32 bits per heavy atom. The molecule has 0 unspecified atom stereocenters. The zero-order valence-corrected chi connectivity index (χ0v) is 16.8. The number of carbonyl (C=O) groups excluding carboxylic acids is 2. The summed E-state index contributed by atoms with van der Waals surface area (Å²) in [5.41, 5.74) is 4.34. The fourth-order valence-corrected chi connectivity index (χ4v) is 3.19. The lowest BCUT2D eigenvalue weighted by atomic mass is 10.0. The molecule has 1 N–H and O–H groups in total. The number of rotatable bonds is 7. The average Bonchev–Trinajstić information content (AvgIpc) is 2.92. The zero-order chi connectivity index (χ0) is 20.3. The lowest BCUT2D eigenvalue weighted by Gasteiger charge is -2.13. The minimum absolute atomic E-state index is 0.275. The molecule has 1 aliphatic rings. The molecule has 0 aliphatic carbocycles. The largest absolute Gasteiger partial charge is 0.494 e. The minimum Gasteiger partial charge on any atom is -0.494 e. The van der Waals surface area contributed by atoms with Crippen LogP contribution in [0.15, 0.2) is 48.2 Å². The number of carbonyl (C=O) groups is 2. The number of ether oxygens (including phenoxy) is 1. The highest BCUT2D eigenvalue weighted by atomic mass is 16.5. The molecule has 3 rings (SSSR count). The van der Waals surface area contributed by atoms with Crippen molar-refractivity contribution in [1.29, 1.82) is 0 Å². The standard InChI is InChI=1S/C23H26N2O3/c1-5-13-28-18-11-9-17(10-12-18)20-21(23(27)25(6-2)22(20)26)24-19-14-15(3)7-8-16(19)4/h7-12,14,24H,5-6,13H2,1-4H3. The van der Waals surface area contributed by atoms with Crippen molar-refractivity contribution in [3.8, 4) is 5.75 Å². The summed E-state index contributed by atoms with van der Waals surface area (Å²) in [5, 5.41) is 3.23. The number of amides is 2. The van der Waals surface area contributed by atoms with E-state index in [1.54, 1.807) is 6.92 Å². The second kappa shape index (κ2) is 8.30. The van der Waals surface area contributed by atoms with Crippen molar-refractivity contribution in [1.82, 2.24) is 4.90 Å². The number of hydrogen-bond donors (Lipinski definition) is 1. The van der Waals surface area contributed by atoms with Crippen LogP contribution < -0.4 is 10.1 Å². The SMILES string of the molecule is CCCOc1ccc(C2=C(Nc3cc(C)ccc3C)C(=O)N(CC)C2=O)cc1. The van der Waals surface area contributed by atoms with Gasteiger partial charge in [0.05, 0.1) is 12.2 Å². The first-order chi connectivity index (χ1) is 13.5. The van der Waals surface area contributed by atoms with Gasteiger partial charge in [0.2, 0.25) is 0 Å². The summed E-state index contributed by atoms with van der Waals surface area (Å²) in [6.07, 6.45) is 0.926. The maximum absolute atomic E-state index is 12.9. The van der Waals surface area contributed by atoms with E-state index < -0.39 is 0 Å². The molecule has 0 saturated carbocycles. The molecular formula is C23H26N2O3. The Morgan fingerprint density at radius 1 is 0.964 bits per heavy atom. The third-order valence-electron chi connectivity index (χ3n) is 4.75. The highest BCUT2D eigenvalue weighted by Crippen LogP contribution is 2.32. The van der Waals surface area contributed by atoms with Gasteiger partial charge in [-0.25, -0.2) is 0 Å². The van der Waals surface area contributed by atoms with Gasteiger partial charge in [0.25, 0.3) is 11.8 Å². The van der Waals surface area contributed by atoms with Crippen LogP contribution in [0.25, 0.3) is 5.57 Å². The van der Waals surface area contributed by atoms with Crippen molar-refractivity contribution in [3.05, 3.63) is 64.9 Å². The number of imide groups is 1. The van der Waals surface area contributed by atoms with Gasteiger partial charge in [-0.2, -0.15) is 0 Å². The summed E-state index contributed by atoms with van der Waals surface area (Å²) >= 11 is 0. The Hall–Kier alpha value is -3.08. The van der Waals surface area contributed by atoms with Crippen LogP contribution in [-0.4, -0.2) is 29.9 Å². The molecule has 5 heteroatoms. The van der Waals surface area contributed by atoms with E-state index in [4.69, 9.17) is 4.74 Å². The Bertz CT molecular complexity index is 929.